The lowest BCUT2D eigenvalue weighted by Gasteiger charge is -2.57. The Morgan fingerprint density at radius 1 is 1.14 bits per heavy atom. The lowest BCUT2D eigenvalue weighted by atomic mass is 9.47. The van der Waals surface area contributed by atoms with Gasteiger partial charge in [-0.05, 0) is 98.9 Å². The second-order valence-corrected chi connectivity index (χ2v) is 10.1. The number of hydrogen-bond donors (Lipinski definition) is 0. The molecule has 3 nitrogen and oxygen atoms in total. The van der Waals surface area contributed by atoms with Crippen LogP contribution in [0.15, 0.2) is 23.8 Å². The van der Waals surface area contributed by atoms with Gasteiger partial charge < -0.3 is 4.74 Å². The minimum Gasteiger partial charge on any atom is -0.463 e. The van der Waals surface area contributed by atoms with E-state index in [-0.39, 0.29) is 11.4 Å². The second-order valence-electron chi connectivity index (χ2n) is 10.1. The Labute approximate surface area is 177 Å². The van der Waals surface area contributed by atoms with Crippen LogP contribution in [0.4, 0.5) is 0 Å². The van der Waals surface area contributed by atoms with Crippen molar-refractivity contribution in [3.8, 4) is 0 Å². The van der Waals surface area contributed by atoms with Crippen LogP contribution < -0.4 is 0 Å². The first-order chi connectivity index (χ1) is 13.9. The van der Waals surface area contributed by atoms with Crippen LogP contribution in [0, 0.1) is 34.5 Å². The molecule has 29 heavy (non-hydrogen) atoms. The summed E-state index contributed by atoms with van der Waals surface area (Å²) in [5.41, 5.74) is 1.99. The molecule has 0 aromatic heterocycles. The Hall–Kier alpha value is -1.38. The van der Waals surface area contributed by atoms with Crippen molar-refractivity contribution < 1.29 is 14.3 Å². The van der Waals surface area contributed by atoms with Gasteiger partial charge in [0.1, 0.15) is 6.29 Å². The molecule has 0 N–H and O–H groups in total. The van der Waals surface area contributed by atoms with Crippen LogP contribution in [0.1, 0.15) is 85.5 Å². The number of carbonyl (C=O) groups excluding carboxylic acids is 2. The van der Waals surface area contributed by atoms with E-state index in [0.717, 1.165) is 31.0 Å². The summed E-state index contributed by atoms with van der Waals surface area (Å²) in [6, 6.07) is 0. The van der Waals surface area contributed by atoms with Gasteiger partial charge in [0.15, 0.2) is 0 Å². The molecule has 0 saturated heterocycles. The summed E-state index contributed by atoms with van der Waals surface area (Å²) < 4.78 is 5.03. The van der Waals surface area contributed by atoms with Gasteiger partial charge in [-0.15, -0.1) is 0 Å². The number of fused-ring (bicyclic) bond motifs is 3. The molecule has 0 bridgehead atoms. The van der Waals surface area contributed by atoms with E-state index in [9.17, 15) is 9.59 Å². The number of rotatable bonds is 7. The molecule has 3 aliphatic carbocycles. The van der Waals surface area contributed by atoms with Gasteiger partial charge >= 0.3 is 5.97 Å². The maximum Gasteiger partial charge on any atom is 0.330 e. The molecule has 0 heterocycles. The predicted molar refractivity (Wildman–Crippen MR) is 117 cm³/mol. The van der Waals surface area contributed by atoms with Crippen LogP contribution in [-0.4, -0.2) is 18.9 Å². The van der Waals surface area contributed by atoms with Gasteiger partial charge in [-0.1, -0.05) is 38.8 Å². The van der Waals surface area contributed by atoms with Crippen molar-refractivity contribution in [2.75, 3.05) is 6.61 Å². The van der Waals surface area contributed by atoms with Gasteiger partial charge in [-0.2, -0.15) is 0 Å². The third kappa shape index (κ3) is 4.11. The van der Waals surface area contributed by atoms with Crippen molar-refractivity contribution in [3.63, 3.8) is 0 Å². The lowest BCUT2D eigenvalue weighted by molar-refractivity contribution is -0.137. The fourth-order valence-corrected chi connectivity index (χ4v) is 7.56. The summed E-state index contributed by atoms with van der Waals surface area (Å²) in [6.45, 7) is 9.53. The van der Waals surface area contributed by atoms with Crippen molar-refractivity contribution in [2.24, 2.45) is 34.5 Å². The normalized spacial score (nSPS) is 40.6. The minimum absolute atomic E-state index is 0.196. The first-order valence-corrected chi connectivity index (χ1v) is 11.9. The van der Waals surface area contributed by atoms with Crippen LogP contribution >= 0.6 is 0 Å². The van der Waals surface area contributed by atoms with Crippen molar-refractivity contribution in [3.05, 3.63) is 23.8 Å². The summed E-state index contributed by atoms with van der Waals surface area (Å²) in [5, 5.41) is 0. The molecule has 0 radical (unpaired) electrons. The van der Waals surface area contributed by atoms with E-state index >= 15 is 0 Å². The first kappa shape index (κ1) is 22.3. The maximum absolute atomic E-state index is 11.6. The summed E-state index contributed by atoms with van der Waals surface area (Å²) in [7, 11) is 0. The van der Waals surface area contributed by atoms with Crippen LogP contribution in [-0.2, 0) is 14.3 Å². The molecular formula is C26H40O3. The van der Waals surface area contributed by atoms with E-state index < -0.39 is 0 Å². The van der Waals surface area contributed by atoms with Crippen molar-refractivity contribution >= 4 is 12.3 Å². The van der Waals surface area contributed by atoms with E-state index in [2.05, 4.69) is 26.8 Å². The number of carbonyl (C=O) groups is 2. The standard InChI is InChI=1S/C26H40O3/c1-5-16-25(3)20(15-18-27)10-12-21-22-13-11-19(8-7-9-24(28)29-6-2)26(22,4)17-14-23(21)25/h7,9,15,18-19,21-23H,5-6,8,10-14,16-17H2,1-4H3/b9-7+,20-15-. The molecule has 0 spiro atoms. The van der Waals surface area contributed by atoms with E-state index in [0.29, 0.717) is 23.9 Å². The van der Waals surface area contributed by atoms with Crippen molar-refractivity contribution in [1.82, 2.24) is 0 Å². The molecule has 3 fully saturated rings. The monoisotopic (exact) mass is 400 g/mol. The van der Waals surface area contributed by atoms with Crippen LogP contribution in [0.2, 0.25) is 0 Å². The molecule has 0 aromatic carbocycles. The molecule has 162 valence electrons. The van der Waals surface area contributed by atoms with Crippen LogP contribution in [0.3, 0.4) is 0 Å². The van der Waals surface area contributed by atoms with Gasteiger partial charge in [0.25, 0.3) is 0 Å². The highest BCUT2D eigenvalue weighted by molar-refractivity contribution is 5.81. The van der Waals surface area contributed by atoms with Crippen LogP contribution in [0.25, 0.3) is 0 Å². The largest absolute Gasteiger partial charge is 0.463 e. The number of allylic oxidation sites excluding steroid dienone is 3. The number of aldehydes is 1. The van der Waals surface area contributed by atoms with Gasteiger partial charge in [-0.3, -0.25) is 4.79 Å². The fraction of sp³-hybridized carbons (Fsp3) is 0.769. The molecule has 3 aliphatic rings. The van der Waals surface area contributed by atoms with E-state index in [1.165, 1.54) is 50.5 Å². The molecule has 0 amide bonds. The number of ether oxygens (including phenoxy) is 1. The molecular weight excluding hydrogens is 360 g/mol. The van der Waals surface area contributed by atoms with Gasteiger partial charge in [0.2, 0.25) is 0 Å². The molecule has 6 unspecified atom stereocenters. The Bertz CT molecular complexity index is 663. The average Bonchev–Trinajstić information content (AvgIpc) is 3.01. The number of esters is 1. The third-order valence-electron chi connectivity index (χ3n) is 8.93. The Morgan fingerprint density at radius 2 is 1.93 bits per heavy atom. The highest BCUT2D eigenvalue weighted by Crippen LogP contribution is 2.66. The third-order valence-corrected chi connectivity index (χ3v) is 8.93. The average molecular weight is 401 g/mol. The molecule has 0 aliphatic heterocycles. The highest BCUT2D eigenvalue weighted by Gasteiger charge is 2.57. The van der Waals surface area contributed by atoms with Gasteiger partial charge in [0.05, 0.1) is 6.61 Å². The van der Waals surface area contributed by atoms with Crippen molar-refractivity contribution in [2.45, 2.75) is 85.5 Å². The number of hydrogen-bond acceptors (Lipinski definition) is 3. The summed E-state index contributed by atoms with van der Waals surface area (Å²) in [4.78, 5) is 22.9. The Kier molecular flexibility index (Phi) is 7.06. The second kappa shape index (κ2) is 9.18. The highest BCUT2D eigenvalue weighted by atomic mass is 16.5. The molecule has 0 aromatic rings. The Balaban J connectivity index is 1.76. The first-order valence-electron chi connectivity index (χ1n) is 11.9. The minimum atomic E-state index is -0.215. The SMILES string of the molecule is CCCC1(C)/C(=C\C=O)CCC2C1CCC1(C)C(C/C=C/C(=O)OCC)CCC21. The molecule has 3 rings (SSSR count). The predicted octanol–water partition coefficient (Wildman–Crippen LogP) is 6.28. The quantitative estimate of drug-likeness (QED) is 0.287. The molecule has 3 saturated carbocycles. The fourth-order valence-electron chi connectivity index (χ4n) is 7.56. The van der Waals surface area contributed by atoms with Gasteiger partial charge in [-0.25, -0.2) is 4.79 Å². The topological polar surface area (TPSA) is 43.4 Å². The summed E-state index contributed by atoms with van der Waals surface area (Å²) in [5.74, 6) is 2.75. The lowest BCUT2D eigenvalue weighted by Crippen LogP contribution is -2.49. The van der Waals surface area contributed by atoms with Crippen molar-refractivity contribution in [1.29, 1.82) is 0 Å². The Morgan fingerprint density at radius 3 is 2.62 bits per heavy atom. The maximum atomic E-state index is 11.6. The zero-order chi connectivity index (χ0) is 21.1. The van der Waals surface area contributed by atoms with E-state index in [1.54, 1.807) is 6.08 Å². The van der Waals surface area contributed by atoms with E-state index in [1.807, 2.05) is 13.0 Å². The zero-order valence-electron chi connectivity index (χ0n) is 18.9. The van der Waals surface area contributed by atoms with Crippen LogP contribution in [0.5, 0.6) is 0 Å². The summed E-state index contributed by atoms with van der Waals surface area (Å²) >= 11 is 0. The summed E-state index contributed by atoms with van der Waals surface area (Å²) in [6.07, 6.45) is 17.4. The molecule has 3 heteroatoms. The van der Waals surface area contributed by atoms with Gasteiger partial charge in [0, 0.05) is 6.08 Å². The zero-order valence-corrected chi connectivity index (χ0v) is 18.9. The smallest absolute Gasteiger partial charge is 0.330 e. The molecule has 6 atom stereocenters. The van der Waals surface area contributed by atoms with E-state index in [4.69, 9.17) is 4.74 Å².